The number of aromatic nitrogens is 1. The SMILES string of the molecule is NC(=O)N1CCN(c2ncccc2Br)CC1. The molecule has 2 rings (SSSR count). The smallest absolute Gasteiger partial charge is 0.314 e. The van der Waals surface area contributed by atoms with Crippen molar-refractivity contribution in [3.05, 3.63) is 22.8 Å². The maximum absolute atomic E-state index is 11.0. The average molecular weight is 285 g/mol. The molecule has 0 aromatic carbocycles. The maximum atomic E-state index is 11.0. The van der Waals surface area contributed by atoms with E-state index in [1.54, 1.807) is 11.1 Å². The van der Waals surface area contributed by atoms with Crippen LogP contribution < -0.4 is 10.6 Å². The molecule has 0 aliphatic carbocycles. The van der Waals surface area contributed by atoms with Crippen LogP contribution in [0.3, 0.4) is 0 Å². The highest BCUT2D eigenvalue weighted by Gasteiger charge is 2.20. The van der Waals surface area contributed by atoms with Gasteiger partial charge in [0.25, 0.3) is 0 Å². The Labute approximate surface area is 102 Å². The van der Waals surface area contributed by atoms with E-state index in [2.05, 4.69) is 25.8 Å². The van der Waals surface area contributed by atoms with E-state index < -0.39 is 0 Å². The van der Waals surface area contributed by atoms with Crippen molar-refractivity contribution in [1.82, 2.24) is 9.88 Å². The number of carbonyl (C=O) groups is 1. The first kappa shape index (κ1) is 11.2. The largest absolute Gasteiger partial charge is 0.352 e. The summed E-state index contributed by atoms with van der Waals surface area (Å²) in [5, 5.41) is 0. The average Bonchev–Trinajstić information content (AvgIpc) is 2.30. The van der Waals surface area contributed by atoms with Gasteiger partial charge in [-0.1, -0.05) is 0 Å². The number of primary amides is 1. The molecule has 0 saturated carbocycles. The minimum Gasteiger partial charge on any atom is -0.352 e. The molecule has 5 nitrogen and oxygen atoms in total. The zero-order chi connectivity index (χ0) is 11.5. The van der Waals surface area contributed by atoms with Crippen molar-refractivity contribution in [3.63, 3.8) is 0 Å². The molecule has 1 aromatic rings. The Morgan fingerprint density at radius 1 is 1.38 bits per heavy atom. The summed E-state index contributed by atoms with van der Waals surface area (Å²) >= 11 is 3.47. The Hall–Kier alpha value is -1.30. The lowest BCUT2D eigenvalue weighted by Crippen LogP contribution is -2.50. The first-order valence-corrected chi connectivity index (χ1v) is 5.87. The molecule has 1 aromatic heterocycles. The molecule has 1 aliphatic heterocycles. The minimum atomic E-state index is -0.347. The predicted molar refractivity (Wildman–Crippen MR) is 65.3 cm³/mol. The third-order valence-electron chi connectivity index (χ3n) is 2.63. The molecule has 0 radical (unpaired) electrons. The fraction of sp³-hybridized carbons (Fsp3) is 0.400. The van der Waals surface area contributed by atoms with Gasteiger partial charge >= 0.3 is 6.03 Å². The zero-order valence-corrected chi connectivity index (χ0v) is 10.4. The number of carbonyl (C=O) groups excluding carboxylic acids is 1. The first-order valence-electron chi connectivity index (χ1n) is 5.08. The van der Waals surface area contributed by atoms with E-state index in [0.717, 1.165) is 23.4 Å². The third-order valence-corrected chi connectivity index (χ3v) is 3.25. The lowest BCUT2D eigenvalue weighted by molar-refractivity contribution is 0.204. The van der Waals surface area contributed by atoms with Crippen LogP contribution in [0.1, 0.15) is 0 Å². The third kappa shape index (κ3) is 2.27. The van der Waals surface area contributed by atoms with Crippen LogP contribution in [0.5, 0.6) is 0 Å². The molecule has 1 aliphatic rings. The number of amides is 2. The van der Waals surface area contributed by atoms with E-state index in [-0.39, 0.29) is 6.03 Å². The Kier molecular flexibility index (Phi) is 3.28. The summed E-state index contributed by atoms with van der Waals surface area (Å²) in [4.78, 5) is 19.1. The molecule has 6 heteroatoms. The second-order valence-corrected chi connectivity index (χ2v) is 4.48. The fourth-order valence-corrected chi connectivity index (χ4v) is 2.25. The number of nitrogens with two attached hydrogens (primary N) is 1. The standard InChI is InChI=1S/C10H13BrN4O/c11-8-2-1-3-13-9(8)14-4-6-15(7-5-14)10(12)16/h1-3H,4-7H2,(H2,12,16). The highest BCUT2D eigenvalue weighted by Crippen LogP contribution is 2.23. The number of anilines is 1. The summed E-state index contributed by atoms with van der Waals surface area (Å²) in [6, 6.07) is 3.50. The van der Waals surface area contributed by atoms with Crippen molar-refractivity contribution in [2.24, 2.45) is 5.73 Å². The molecule has 0 spiro atoms. The van der Waals surface area contributed by atoms with E-state index in [1.165, 1.54) is 0 Å². The van der Waals surface area contributed by atoms with Crippen LogP contribution in [0, 0.1) is 0 Å². The van der Waals surface area contributed by atoms with Gasteiger partial charge < -0.3 is 15.5 Å². The molecule has 2 N–H and O–H groups in total. The Balaban J connectivity index is 2.05. The van der Waals surface area contributed by atoms with Crippen LogP contribution in [0.4, 0.5) is 10.6 Å². The normalized spacial score (nSPS) is 16.3. The number of pyridine rings is 1. The molecular formula is C10H13BrN4O. The molecule has 0 unspecified atom stereocenters. The van der Waals surface area contributed by atoms with Gasteiger partial charge in [-0.05, 0) is 28.1 Å². The van der Waals surface area contributed by atoms with Crippen molar-refractivity contribution in [3.8, 4) is 0 Å². The monoisotopic (exact) mass is 284 g/mol. The number of hydrogen-bond acceptors (Lipinski definition) is 3. The summed E-state index contributed by atoms with van der Waals surface area (Å²) in [6.45, 7) is 2.83. The summed E-state index contributed by atoms with van der Waals surface area (Å²) < 4.78 is 0.975. The van der Waals surface area contributed by atoms with E-state index in [1.807, 2.05) is 12.1 Å². The molecule has 86 valence electrons. The van der Waals surface area contributed by atoms with Crippen molar-refractivity contribution in [2.75, 3.05) is 31.1 Å². The van der Waals surface area contributed by atoms with Gasteiger partial charge in [0.15, 0.2) is 0 Å². The van der Waals surface area contributed by atoms with E-state index in [9.17, 15) is 4.79 Å². The van der Waals surface area contributed by atoms with Gasteiger partial charge in [-0.2, -0.15) is 0 Å². The molecule has 0 atom stereocenters. The second kappa shape index (κ2) is 4.69. The van der Waals surface area contributed by atoms with Crippen LogP contribution in [-0.2, 0) is 0 Å². The maximum Gasteiger partial charge on any atom is 0.314 e. The van der Waals surface area contributed by atoms with E-state index in [0.29, 0.717) is 13.1 Å². The van der Waals surface area contributed by atoms with E-state index in [4.69, 9.17) is 5.73 Å². The van der Waals surface area contributed by atoms with Gasteiger partial charge in [-0.3, -0.25) is 0 Å². The number of rotatable bonds is 1. The topological polar surface area (TPSA) is 62.5 Å². The van der Waals surface area contributed by atoms with Crippen LogP contribution in [0.25, 0.3) is 0 Å². The van der Waals surface area contributed by atoms with Crippen LogP contribution in [-0.4, -0.2) is 42.1 Å². The molecule has 0 bridgehead atoms. The summed E-state index contributed by atoms with van der Waals surface area (Å²) in [6.07, 6.45) is 1.76. The molecule has 1 fully saturated rings. The van der Waals surface area contributed by atoms with Crippen molar-refractivity contribution >= 4 is 27.8 Å². The van der Waals surface area contributed by atoms with Crippen molar-refractivity contribution in [1.29, 1.82) is 0 Å². The lowest BCUT2D eigenvalue weighted by Gasteiger charge is -2.34. The molecule has 16 heavy (non-hydrogen) atoms. The molecule has 2 amide bonds. The van der Waals surface area contributed by atoms with Crippen LogP contribution in [0.2, 0.25) is 0 Å². The summed E-state index contributed by atoms with van der Waals surface area (Å²) in [7, 11) is 0. The Morgan fingerprint density at radius 3 is 2.62 bits per heavy atom. The Bertz CT molecular complexity index is 390. The Morgan fingerprint density at radius 2 is 2.06 bits per heavy atom. The van der Waals surface area contributed by atoms with Gasteiger partial charge in [-0.25, -0.2) is 9.78 Å². The minimum absolute atomic E-state index is 0.347. The summed E-state index contributed by atoms with van der Waals surface area (Å²) in [5.74, 6) is 0.923. The lowest BCUT2D eigenvalue weighted by atomic mass is 10.3. The molecular weight excluding hydrogens is 272 g/mol. The first-order chi connectivity index (χ1) is 7.68. The van der Waals surface area contributed by atoms with Crippen molar-refractivity contribution < 1.29 is 4.79 Å². The quantitative estimate of drug-likeness (QED) is 0.838. The number of halogens is 1. The van der Waals surface area contributed by atoms with Crippen LogP contribution >= 0.6 is 15.9 Å². The number of hydrogen-bond donors (Lipinski definition) is 1. The van der Waals surface area contributed by atoms with E-state index >= 15 is 0 Å². The van der Waals surface area contributed by atoms with Gasteiger partial charge in [0.1, 0.15) is 5.82 Å². The number of urea groups is 1. The van der Waals surface area contributed by atoms with Gasteiger partial charge in [-0.15, -0.1) is 0 Å². The van der Waals surface area contributed by atoms with Crippen LogP contribution in [0.15, 0.2) is 22.8 Å². The number of piperazine rings is 1. The van der Waals surface area contributed by atoms with Gasteiger partial charge in [0.2, 0.25) is 0 Å². The summed E-state index contributed by atoms with van der Waals surface area (Å²) in [5.41, 5.74) is 5.22. The highest BCUT2D eigenvalue weighted by molar-refractivity contribution is 9.10. The predicted octanol–water partition coefficient (Wildman–Crippen LogP) is 1.04. The van der Waals surface area contributed by atoms with Gasteiger partial charge in [0, 0.05) is 32.4 Å². The fourth-order valence-electron chi connectivity index (χ4n) is 1.75. The zero-order valence-electron chi connectivity index (χ0n) is 8.77. The van der Waals surface area contributed by atoms with Crippen molar-refractivity contribution in [2.45, 2.75) is 0 Å². The molecule has 1 saturated heterocycles. The second-order valence-electron chi connectivity index (χ2n) is 3.62. The van der Waals surface area contributed by atoms with Gasteiger partial charge in [0.05, 0.1) is 4.47 Å². The molecule has 2 heterocycles. The highest BCUT2D eigenvalue weighted by atomic mass is 79.9. The number of nitrogens with zero attached hydrogens (tertiary/aromatic N) is 3.